The van der Waals surface area contributed by atoms with Crippen molar-refractivity contribution in [3.05, 3.63) is 35.4 Å². The first-order valence-corrected chi connectivity index (χ1v) is 6.04. The fraction of sp³-hybridized carbons (Fsp3) is 0.200. The van der Waals surface area contributed by atoms with Crippen LogP contribution in [0.5, 0.6) is 0 Å². The summed E-state index contributed by atoms with van der Waals surface area (Å²) in [7, 11) is 0. The van der Waals surface area contributed by atoms with Crippen molar-refractivity contribution in [1.29, 1.82) is 0 Å². The van der Waals surface area contributed by atoms with E-state index in [1.54, 1.807) is 0 Å². The van der Waals surface area contributed by atoms with Gasteiger partial charge in [0.15, 0.2) is 11.6 Å². The van der Waals surface area contributed by atoms with E-state index in [0.29, 0.717) is 11.3 Å². The second kappa shape index (κ2) is 4.58. The monoisotopic (exact) mass is 275 g/mol. The molecule has 1 saturated heterocycles. The molecule has 3 nitrogen and oxygen atoms in total. The molecule has 17 heavy (non-hydrogen) atoms. The van der Waals surface area contributed by atoms with Crippen molar-refractivity contribution in [2.75, 3.05) is 5.75 Å². The summed E-state index contributed by atoms with van der Waals surface area (Å²) >= 11 is 6.10. The van der Waals surface area contributed by atoms with Crippen LogP contribution in [0.25, 0.3) is 0 Å². The number of carbonyl (C=O) groups is 1. The molecule has 2 rings (SSSR count). The average Bonchev–Trinajstić information content (AvgIpc) is 2.64. The van der Waals surface area contributed by atoms with Crippen LogP contribution >= 0.6 is 24.0 Å². The molecule has 1 atom stereocenters. The Kier molecular flexibility index (Phi) is 3.30. The molecular weight excluding hydrogens is 268 g/mol. The summed E-state index contributed by atoms with van der Waals surface area (Å²) in [6.45, 7) is 0. The standard InChI is InChI=1S/C10H7F2NO2S2/c11-6-2-1-5(3-7(6)12)8-4-17-10(16)13(8)9(14)15/h1-3,8H,4H2,(H,14,15). The molecule has 0 aromatic heterocycles. The molecule has 0 radical (unpaired) electrons. The zero-order chi connectivity index (χ0) is 12.6. The van der Waals surface area contributed by atoms with E-state index >= 15 is 0 Å². The van der Waals surface area contributed by atoms with Gasteiger partial charge >= 0.3 is 6.09 Å². The maximum absolute atomic E-state index is 13.1. The Morgan fingerprint density at radius 3 is 2.76 bits per heavy atom. The molecule has 1 fully saturated rings. The van der Waals surface area contributed by atoms with Crippen molar-refractivity contribution >= 4 is 34.4 Å². The van der Waals surface area contributed by atoms with E-state index < -0.39 is 23.8 Å². The van der Waals surface area contributed by atoms with Crippen LogP contribution in [-0.4, -0.2) is 26.2 Å². The summed E-state index contributed by atoms with van der Waals surface area (Å²) in [5.74, 6) is -1.53. The van der Waals surface area contributed by atoms with Gasteiger partial charge in [0.1, 0.15) is 4.32 Å². The van der Waals surface area contributed by atoms with Crippen molar-refractivity contribution < 1.29 is 18.7 Å². The summed E-state index contributed by atoms with van der Waals surface area (Å²) < 4.78 is 26.1. The Morgan fingerprint density at radius 1 is 1.47 bits per heavy atom. The number of amides is 1. The number of thioether (sulfide) groups is 1. The van der Waals surface area contributed by atoms with E-state index in [0.717, 1.165) is 17.0 Å². The third-order valence-corrected chi connectivity index (χ3v) is 3.88. The first-order chi connectivity index (χ1) is 8.00. The van der Waals surface area contributed by atoms with E-state index in [4.69, 9.17) is 17.3 Å². The predicted molar refractivity (Wildman–Crippen MR) is 64.0 cm³/mol. The van der Waals surface area contributed by atoms with Gasteiger partial charge in [0.05, 0.1) is 6.04 Å². The topological polar surface area (TPSA) is 40.5 Å². The van der Waals surface area contributed by atoms with Crippen LogP contribution in [0.2, 0.25) is 0 Å². The van der Waals surface area contributed by atoms with Gasteiger partial charge in [0.25, 0.3) is 0 Å². The molecule has 7 heteroatoms. The molecule has 1 unspecified atom stereocenters. The molecule has 1 aromatic carbocycles. The quantitative estimate of drug-likeness (QED) is 0.800. The van der Waals surface area contributed by atoms with Gasteiger partial charge in [-0.1, -0.05) is 30.0 Å². The Bertz CT molecular complexity index is 495. The largest absolute Gasteiger partial charge is 0.465 e. The lowest BCUT2D eigenvalue weighted by Gasteiger charge is -2.20. The van der Waals surface area contributed by atoms with Gasteiger partial charge in [0.2, 0.25) is 0 Å². The van der Waals surface area contributed by atoms with E-state index in [2.05, 4.69) is 0 Å². The third kappa shape index (κ3) is 2.25. The van der Waals surface area contributed by atoms with Crippen LogP contribution in [0.15, 0.2) is 18.2 Å². The summed E-state index contributed by atoms with van der Waals surface area (Å²) in [6, 6.07) is 2.80. The zero-order valence-electron chi connectivity index (χ0n) is 8.39. The first-order valence-electron chi connectivity index (χ1n) is 4.64. The Labute approximate surface area is 105 Å². The molecule has 0 saturated carbocycles. The van der Waals surface area contributed by atoms with Crippen LogP contribution < -0.4 is 0 Å². The molecular formula is C10H7F2NO2S2. The molecule has 1 aromatic rings. The Hall–Kier alpha value is -1.21. The van der Waals surface area contributed by atoms with Gasteiger partial charge in [-0.25, -0.2) is 13.6 Å². The number of hydrogen-bond donors (Lipinski definition) is 1. The Morgan fingerprint density at radius 2 is 2.18 bits per heavy atom. The maximum atomic E-state index is 13.1. The summed E-state index contributed by atoms with van der Waals surface area (Å²) in [6.07, 6.45) is -1.19. The van der Waals surface area contributed by atoms with Gasteiger partial charge in [-0.3, -0.25) is 4.90 Å². The van der Waals surface area contributed by atoms with Crippen molar-refractivity contribution in [3.63, 3.8) is 0 Å². The number of rotatable bonds is 1. The number of nitrogens with zero attached hydrogens (tertiary/aromatic N) is 1. The van der Waals surface area contributed by atoms with Gasteiger partial charge in [-0.2, -0.15) is 0 Å². The molecule has 1 aliphatic heterocycles. The molecule has 0 bridgehead atoms. The number of benzene rings is 1. The summed E-state index contributed by atoms with van der Waals surface area (Å²) in [5, 5.41) is 9.00. The third-order valence-electron chi connectivity index (χ3n) is 2.41. The van der Waals surface area contributed by atoms with Crippen LogP contribution in [0.1, 0.15) is 11.6 Å². The van der Waals surface area contributed by atoms with Gasteiger partial charge in [0, 0.05) is 5.75 Å². The summed E-state index contributed by atoms with van der Waals surface area (Å²) in [5.41, 5.74) is 0.402. The lowest BCUT2D eigenvalue weighted by molar-refractivity contribution is 0.162. The van der Waals surface area contributed by atoms with Crippen LogP contribution in [0.3, 0.4) is 0 Å². The van der Waals surface area contributed by atoms with Gasteiger partial charge < -0.3 is 5.11 Å². The normalized spacial score (nSPS) is 19.8. The fourth-order valence-electron chi connectivity index (χ4n) is 1.60. The second-order valence-electron chi connectivity index (χ2n) is 3.42. The second-order valence-corrected chi connectivity index (χ2v) is 5.07. The number of carboxylic acid groups (broad SMARTS) is 1. The molecule has 0 spiro atoms. The zero-order valence-corrected chi connectivity index (χ0v) is 10.0. The first kappa shape index (κ1) is 12.3. The number of hydrogen-bond acceptors (Lipinski definition) is 3. The minimum absolute atomic E-state index is 0.229. The minimum Gasteiger partial charge on any atom is -0.465 e. The minimum atomic E-state index is -1.19. The molecule has 90 valence electrons. The van der Waals surface area contributed by atoms with Crippen molar-refractivity contribution in [3.8, 4) is 0 Å². The highest BCUT2D eigenvalue weighted by Crippen LogP contribution is 2.35. The highest BCUT2D eigenvalue weighted by molar-refractivity contribution is 8.23. The number of halogens is 2. The van der Waals surface area contributed by atoms with Crippen molar-refractivity contribution in [2.24, 2.45) is 0 Å². The molecule has 1 aliphatic rings. The van der Waals surface area contributed by atoms with Gasteiger partial charge in [-0.05, 0) is 17.7 Å². The predicted octanol–water partition coefficient (Wildman–Crippen LogP) is 3.02. The smallest absolute Gasteiger partial charge is 0.413 e. The average molecular weight is 275 g/mol. The van der Waals surface area contributed by atoms with E-state index in [1.807, 2.05) is 0 Å². The van der Waals surface area contributed by atoms with Crippen LogP contribution in [-0.2, 0) is 0 Å². The molecule has 0 aliphatic carbocycles. The van der Waals surface area contributed by atoms with Gasteiger partial charge in [-0.15, -0.1) is 0 Å². The van der Waals surface area contributed by atoms with E-state index in [-0.39, 0.29) is 4.32 Å². The molecule has 1 amide bonds. The van der Waals surface area contributed by atoms with Crippen molar-refractivity contribution in [1.82, 2.24) is 4.90 Å². The van der Waals surface area contributed by atoms with E-state index in [9.17, 15) is 13.6 Å². The SMILES string of the molecule is O=C(O)N1C(=S)SCC1c1ccc(F)c(F)c1. The molecule has 1 N–H and O–H groups in total. The van der Waals surface area contributed by atoms with Crippen molar-refractivity contribution in [2.45, 2.75) is 6.04 Å². The highest BCUT2D eigenvalue weighted by Gasteiger charge is 2.35. The van der Waals surface area contributed by atoms with E-state index in [1.165, 1.54) is 17.8 Å². The maximum Gasteiger partial charge on any atom is 0.413 e. The number of thiocarbonyl (C=S) groups is 1. The molecule has 1 heterocycles. The lowest BCUT2D eigenvalue weighted by atomic mass is 10.1. The lowest BCUT2D eigenvalue weighted by Crippen LogP contribution is -2.32. The fourth-order valence-corrected chi connectivity index (χ4v) is 2.99. The summed E-state index contributed by atoms with van der Waals surface area (Å²) in [4.78, 5) is 12.0. The van der Waals surface area contributed by atoms with Crippen LogP contribution in [0.4, 0.5) is 13.6 Å². The van der Waals surface area contributed by atoms with Crippen LogP contribution in [0, 0.1) is 11.6 Å². The highest BCUT2D eigenvalue weighted by atomic mass is 32.2. The Balaban J connectivity index is 2.36.